The number of halogens is 1. The highest BCUT2D eigenvalue weighted by Gasteiger charge is 2.34. The zero-order valence-electron chi connectivity index (χ0n) is 14.6. The Kier molecular flexibility index (Phi) is 5.85. The van der Waals surface area contributed by atoms with Crippen LogP contribution in [0.5, 0.6) is 0 Å². The van der Waals surface area contributed by atoms with Crippen molar-refractivity contribution < 1.29 is 23.5 Å². The third-order valence-electron chi connectivity index (χ3n) is 4.34. The normalized spacial score (nSPS) is 21.2. The van der Waals surface area contributed by atoms with Crippen molar-refractivity contribution in [2.24, 2.45) is 0 Å². The molecule has 2 amide bonds. The van der Waals surface area contributed by atoms with E-state index in [-0.39, 0.29) is 12.4 Å². The van der Waals surface area contributed by atoms with Gasteiger partial charge in [-0.2, -0.15) is 0 Å². The first-order valence-corrected chi connectivity index (χ1v) is 8.61. The van der Waals surface area contributed by atoms with Gasteiger partial charge in [0.15, 0.2) is 0 Å². The number of amides is 2. The van der Waals surface area contributed by atoms with Crippen LogP contribution in [0.15, 0.2) is 35.5 Å². The second-order valence-corrected chi connectivity index (χ2v) is 6.08. The Labute approximate surface area is 151 Å². The van der Waals surface area contributed by atoms with Crippen molar-refractivity contribution in [2.75, 3.05) is 39.5 Å². The molecule has 8 heteroatoms. The summed E-state index contributed by atoms with van der Waals surface area (Å²) in [6.45, 7) is 4.99. The van der Waals surface area contributed by atoms with E-state index >= 15 is 0 Å². The molecule has 140 valence electrons. The molecular weight excluding hydrogens is 341 g/mol. The number of benzene rings is 1. The maximum Gasteiger partial charge on any atom is 0.338 e. The average Bonchev–Trinajstić information content (AvgIpc) is 2.63. The van der Waals surface area contributed by atoms with Crippen LogP contribution < -0.4 is 10.6 Å². The molecule has 2 heterocycles. The SMILES string of the molecule is CCOC(=O)C1=C(CN2CCOCC2)NC(=O)NC1c1ccc(F)cc1. The van der Waals surface area contributed by atoms with Crippen molar-refractivity contribution in [1.82, 2.24) is 15.5 Å². The minimum atomic E-state index is -0.695. The number of urea groups is 1. The summed E-state index contributed by atoms with van der Waals surface area (Å²) in [6, 6.07) is 4.60. The molecule has 0 saturated carbocycles. The van der Waals surface area contributed by atoms with Crippen LogP contribution in [0.25, 0.3) is 0 Å². The zero-order valence-corrected chi connectivity index (χ0v) is 14.6. The molecule has 7 nitrogen and oxygen atoms in total. The van der Waals surface area contributed by atoms with E-state index in [2.05, 4.69) is 15.5 Å². The second-order valence-electron chi connectivity index (χ2n) is 6.08. The van der Waals surface area contributed by atoms with E-state index in [0.29, 0.717) is 49.7 Å². The van der Waals surface area contributed by atoms with Crippen molar-refractivity contribution >= 4 is 12.0 Å². The van der Waals surface area contributed by atoms with E-state index in [1.165, 1.54) is 12.1 Å². The number of hydrogen-bond donors (Lipinski definition) is 2. The van der Waals surface area contributed by atoms with Crippen LogP contribution in [0.4, 0.5) is 9.18 Å². The van der Waals surface area contributed by atoms with Crippen molar-refractivity contribution in [3.63, 3.8) is 0 Å². The van der Waals surface area contributed by atoms with E-state index in [0.717, 1.165) is 0 Å². The van der Waals surface area contributed by atoms with Gasteiger partial charge in [-0.1, -0.05) is 12.1 Å². The summed E-state index contributed by atoms with van der Waals surface area (Å²) >= 11 is 0. The molecule has 2 aliphatic heterocycles. The number of carbonyl (C=O) groups excluding carboxylic acids is 2. The smallest absolute Gasteiger partial charge is 0.338 e. The van der Waals surface area contributed by atoms with Crippen LogP contribution in [0.2, 0.25) is 0 Å². The lowest BCUT2D eigenvalue weighted by molar-refractivity contribution is -0.139. The van der Waals surface area contributed by atoms with Crippen LogP contribution in [-0.4, -0.2) is 56.4 Å². The molecule has 0 radical (unpaired) electrons. The number of morpholine rings is 1. The molecule has 0 bridgehead atoms. The molecule has 1 fully saturated rings. The molecule has 3 rings (SSSR count). The minimum Gasteiger partial charge on any atom is -0.463 e. The number of carbonyl (C=O) groups is 2. The second kappa shape index (κ2) is 8.29. The summed E-state index contributed by atoms with van der Waals surface area (Å²) < 4.78 is 23.8. The first kappa shape index (κ1) is 18.3. The third kappa shape index (κ3) is 4.20. The highest BCUT2D eigenvalue weighted by atomic mass is 19.1. The Balaban J connectivity index is 1.96. The minimum absolute atomic E-state index is 0.219. The largest absolute Gasteiger partial charge is 0.463 e. The van der Waals surface area contributed by atoms with Gasteiger partial charge in [-0.3, -0.25) is 4.90 Å². The molecule has 0 aliphatic carbocycles. The Morgan fingerprint density at radius 1 is 1.31 bits per heavy atom. The van der Waals surface area contributed by atoms with Crippen LogP contribution >= 0.6 is 0 Å². The van der Waals surface area contributed by atoms with Gasteiger partial charge in [-0.25, -0.2) is 14.0 Å². The van der Waals surface area contributed by atoms with Crippen LogP contribution in [-0.2, 0) is 14.3 Å². The monoisotopic (exact) mass is 363 g/mol. The van der Waals surface area contributed by atoms with Gasteiger partial charge < -0.3 is 20.1 Å². The third-order valence-corrected chi connectivity index (χ3v) is 4.34. The number of nitrogens with zero attached hydrogens (tertiary/aromatic N) is 1. The maximum atomic E-state index is 13.3. The number of ether oxygens (including phenoxy) is 2. The summed E-state index contributed by atoms with van der Waals surface area (Å²) in [7, 11) is 0. The fourth-order valence-corrected chi connectivity index (χ4v) is 3.08. The molecule has 1 aromatic rings. The lowest BCUT2D eigenvalue weighted by Crippen LogP contribution is -2.49. The predicted molar refractivity (Wildman–Crippen MR) is 91.7 cm³/mol. The summed E-state index contributed by atoms with van der Waals surface area (Å²) in [5.74, 6) is -0.887. The van der Waals surface area contributed by atoms with Crippen LogP contribution in [0.1, 0.15) is 18.5 Å². The van der Waals surface area contributed by atoms with Gasteiger partial charge in [0.1, 0.15) is 5.82 Å². The van der Waals surface area contributed by atoms with Crippen molar-refractivity contribution in [3.8, 4) is 0 Å². The maximum absolute atomic E-state index is 13.3. The predicted octanol–water partition coefficient (Wildman–Crippen LogP) is 1.33. The van der Waals surface area contributed by atoms with E-state index in [1.54, 1.807) is 19.1 Å². The quantitative estimate of drug-likeness (QED) is 0.772. The van der Waals surface area contributed by atoms with Crippen molar-refractivity contribution in [3.05, 3.63) is 46.9 Å². The summed E-state index contributed by atoms with van der Waals surface area (Å²) in [6.07, 6.45) is 0. The Bertz CT molecular complexity index is 699. The van der Waals surface area contributed by atoms with Gasteiger partial charge in [-0.15, -0.1) is 0 Å². The number of hydrogen-bond acceptors (Lipinski definition) is 5. The summed E-state index contributed by atoms with van der Waals surface area (Å²) in [5.41, 5.74) is 1.46. The van der Waals surface area contributed by atoms with E-state index < -0.39 is 18.0 Å². The van der Waals surface area contributed by atoms with Crippen molar-refractivity contribution in [1.29, 1.82) is 0 Å². The lowest BCUT2D eigenvalue weighted by atomic mass is 9.95. The van der Waals surface area contributed by atoms with Crippen LogP contribution in [0, 0.1) is 5.82 Å². The number of rotatable bonds is 5. The van der Waals surface area contributed by atoms with E-state index in [1.807, 2.05) is 0 Å². The van der Waals surface area contributed by atoms with Gasteiger partial charge in [0.25, 0.3) is 0 Å². The molecule has 1 atom stereocenters. The van der Waals surface area contributed by atoms with Gasteiger partial charge in [0.2, 0.25) is 0 Å². The van der Waals surface area contributed by atoms with Crippen LogP contribution in [0.3, 0.4) is 0 Å². The fraction of sp³-hybridized carbons (Fsp3) is 0.444. The highest BCUT2D eigenvalue weighted by Crippen LogP contribution is 2.28. The van der Waals surface area contributed by atoms with Gasteiger partial charge in [-0.05, 0) is 24.6 Å². The highest BCUT2D eigenvalue weighted by molar-refractivity contribution is 5.95. The first-order chi connectivity index (χ1) is 12.6. The van der Waals surface area contributed by atoms with Gasteiger partial charge in [0.05, 0.1) is 31.4 Å². The average molecular weight is 363 g/mol. The molecule has 26 heavy (non-hydrogen) atoms. The van der Waals surface area contributed by atoms with E-state index in [4.69, 9.17) is 9.47 Å². The Morgan fingerprint density at radius 2 is 2.00 bits per heavy atom. The number of esters is 1. The molecule has 2 aliphatic rings. The molecule has 0 aromatic heterocycles. The topological polar surface area (TPSA) is 79.9 Å². The first-order valence-electron chi connectivity index (χ1n) is 8.61. The van der Waals surface area contributed by atoms with Gasteiger partial charge >= 0.3 is 12.0 Å². The van der Waals surface area contributed by atoms with Gasteiger partial charge in [0, 0.05) is 25.3 Å². The number of nitrogens with one attached hydrogen (secondary N) is 2. The lowest BCUT2D eigenvalue weighted by Gasteiger charge is -2.33. The fourth-order valence-electron chi connectivity index (χ4n) is 3.08. The van der Waals surface area contributed by atoms with Crippen molar-refractivity contribution in [2.45, 2.75) is 13.0 Å². The molecule has 1 aromatic carbocycles. The molecular formula is C18H22FN3O4. The summed E-state index contributed by atoms with van der Waals surface area (Å²) in [5, 5.41) is 5.47. The van der Waals surface area contributed by atoms with E-state index in [9.17, 15) is 14.0 Å². The zero-order chi connectivity index (χ0) is 18.5. The molecule has 2 N–H and O–H groups in total. The molecule has 0 spiro atoms. The summed E-state index contributed by atoms with van der Waals surface area (Å²) in [4.78, 5) is 26.9. The standard InChI is InChI=1S/C18H22FN3O4/c1-2-26-17(23)15-14(11-22-7-9-25-10-8-22)20-18(24)21-16(15)12-3-5-13(19)6-4-12/h3-6,16H,2,7-11H2,1H3,(H2,20,21,24). The molecule has 1 unspecified atom stereocenters. The molecule has 1 saturated heterocycles. The Hall–Kier alpha value is -2.45. The Morgan fingerprint density at radius 3 is 2.65 bits per heavy atom.